The van der Waals surface area contributed by atoms with Gasteiger partial charge < -0.3 is 9.84 Å². The predicted octanol–water partition coefficient (Wildman–Crippen LogP) is 2.52. The molecular weight excluding hydrogens is 291 g/mol. The Morgan fingerprint density at radius 2 is 2.05 bits per heavy atom. The summed E-state index contributed by atoms with van der Waals surface area (Å²) in [7, 11) is 0. The zero-order valence-corrected chi connectivity index (χ0v) is 12.6. The van der Waals surface area contributed by atoms with Crippen molar-refractivity contribution < 1.29 is 23.8 Å². The smallest absolute Gasteiger partial charge is 0.411 e. The van der Waals surface area contributed by atoms with Crippen LogP contribution in [0.15, 0.2) is 18.2 Å². The molecule has 118 valence electrons. The third-order valence-corrected chi connectivity index (χ3v) is 2.52. The van der Waals surface area contributed by atoms with Gasteiger partial charge in [-0.3, -0.25) is 9.69 Å². The summed E-state index contributed by atoms with van der Waals surface area (Å²) in [4.78, 5) is 23.8. The molecule has 0 heterocycles. The number of ether oxygens (including phenoxy) is 1. The Balaban J connectivity index is 2.97. The zero-order valence-electron chi connectivity index (χ0n) is 12.6. The van der Waals surface area contributed by atoms with E-state index >= 15 is 0 Å². The average molecular weight is 308 g/mol. The fraction of sp³-hybridized carbons (Fsp3) is 0.400. The minimum atomic E-state index is -1.24. The van der Waals surface area contributed by atoms with Crippen LogP contribution in [0.4, 0.5) is 9.18 Å². The Morgan fingerprint density at radius 1 is 1.41 bits per heavy atom. The Bertz CT molecular complexity index is 617. The maximum atomic E-state index is 13.9. The quantitative estimate of drug-likeness (QED) is 0.923. The monoisotopic (exact) mass is 308 g/mol. The molecule has 0 unspecified atom stereocenters. The van der Waals surface area contributed by atoms with E-state index in [4.69, 9.17) is 15.1 Å². The molecule has 0 aliphatic rings. The number of carbonyl (C=O) groups is 2. The number of aliphatic carboxylic acids is 1. The van der Waals surface area contributed by atoms with Gasteiger partial charge in [0.25, 0.3) is 0 Å². The summed E-state index contributed by atoms with van der Waals surface area (Å²) in [6.07, 6.45) is -0.848. The van der Waals surface area contributed by atoms with Gasteiger partial charge in [0.15, 0.2) is 0 Å². The Hall–Kier alpha value is -2.62. The van der Waals surface area contributed by atoms with E-state index < -0.39 is 30.0 Å². The summed E-state index contributed by atoms with van der Waals surface area (Å²) in [5.41, 5.74) is -0.550. The van der Waals surface area contributed by atoms with Crippen LogP contribution in [-0.4, -0.2) is 34.2 Å². The molecule has 0 atom stereocenters. The molecule has 0 bridgehead atoms. The standard InChI is InChI=1S/C15H17FN2O4/c1-15(2,3)22-14(21)18(9-13(19)20)8-11-5-4-10(7-17)6-12(11)16/h4-6H,8-9H2,1-3H3,(H,19,20). The third kappa shape index (κ3) is 5.40. The molecule has 6 nitrogen and oxygen atoms in total. The molecule has 0 saturated carbocycles. The van der Waals surface area contributed by atoms with E-state index in [0.29, 0.717) is 0 Å². The van der Waals surface area contributed by atoms with E-state index in [-0.39, 0.29) is 17.7 Å². The van der Waals surface area contributed by atoms with E-state index in [0.717, 1.165) is 11.0 Å². The second-order valence-electron chi connectivity index (χ2n) is 5.65. The van der Waals surface area contributed by atoms with Crippen molar-refractivity contribution in [2.75, 3.05) is 6.54 Å². The number of benzene rings is 1. The van der Waals surface area contributed by atoms with E-state index in [1.807, 2.05) is 0 Å². The fourth-order valence-corrected chi connectivity index (χ4v) is 1.63. The van der Waals surface area contributed by atoms with Crippen LogP contribution < -0.4 is 0 Å². The number of carbonyl (C=O) groups excluding carboxylic acids is 1. The van der Waals surface area contributed by atoms with Gasteiger partial charge in [-0.05, 0) is 32.9 Å². The maximum absolute atomic E-state index is 13.9. The molecule has 0 aromatic heterocycles. The molecule has 0 radical (unpaired) electrons. The van der Waals surface area contributed by atoms with Crippen LogP contribution in [0.5, 0.6) is 0 Å². The van der Waals surface area contributed by atoms with E-state index in [2.05, 4.69) is 0 Å². The minimum Gasteiger partial charge on any atom is -0.480 e. The summed E-state index contributed by atoms with van der Waals surface area (Å²) in [5, 5.41) is 17.6. The zero-order chi connectivity index (χ0) is 16.9. The number of halogens is 1. The Kier molecular flexibility index (Phi) is 5.46. The molecule has 0 aliphatic heterocycles. The van der Waals surface area contributed by atoms with Gasteiger partial charge in [-0.25, -0.2) is 9.18 Å². The lowest BCUT2D eigenvalue weighted by Crippen LogP contribution is -2.39. The highest BCUT2D eigenvalue weighted by Crippen LogP contribution is 2.15. The van der Waals surface area contributed by atoms with Crippen LogP contribution >= 0.6 is 0 Å². The minimum absolute atomic E-state index is 0.103. The molecule has 0 saturated heterocycles. The average Bonchev–Trinajstić information content (AvgIpc) is 2.37. The molecule has 1 aromatic rings. The van der Waals surface area contributed by atoms with Crippen LogP contribution in [-0.2, 0) is 16.1 Å². The molecule has 1 amide bonds. The number of carboxylic acid groups (broad SMARTS) is 1. The van der Waals surface area contributed by atoms with Crippen molar-refractivity contribution in [1.29, 1.82) is 5.26 Å². The lowest BCUT2D eigenvalue weighted by molar-refractivity contribution is -0.138. The number of nitrogens with zero attached hydrogens (tertiary/aromatic N) is 2. The molecule has 1 aromatic carbocycles. The highest BCUT2D eigenvalue weighted by molar-refractivity contribution is 5.76. The number of rotatable bonds is 4. The number of hydrogen-bond acceptors (Lipinski definition) is 4. The SMILES string of the molecule is CC(C)(C)OC(=O)N(CC(=O)O)Cc1ccc(C#N)cc1F. The second kappa shape index (κ2) is 6.89. The van der Waals surface area contributed by atoms with Crippen LogP contribution in [0.2, 0.25) is 0 Å². The van der Waals surface area contributed by atoms with Crippen LogP contribution in [0.1, 0.15) is 31.9 Å². The van der Waals surface area contributed by atoms with Gasteiger partial charge in [0.05, 0.1) is 18.2 Å². The van der Waals surface area contributed by atoms with Crippen molar-refractivity contribution in [2.24, 2.45) is 0 Å². The van der Waals surface area contributed by atoms with Gasteiger partial charge in [0, 0.05) is 5.56 Å². The molecule has 0 fully saturated rings. The predicted molar refractivity (Wildman–Crippen MR) is 75.4 cm³/mol. The van der Waals surface area contributed by atoms with Gasteiger partial charge >= 0.3 is 12.1 Å². The highest BCUT2D eigenvalue weighted by atomic mass is 19.1. The van der Waals surface area contributed by atoms with E-state index in [9.17, 15) is 14.0 Å². The molecule has 22 heavy (non-hydrogen) atoms. The molecule has 7 heteroatoms. The topological polar surface area (TPSA) is 90.6 Å². The maximum Gasteiger partial charge on any atom is 0.411 e. The Morgan fingerprint density at radius 3 is 2.50 bits per heavy atom. The normalized spacial score (nSPS) is 10.7. The lowest BCUT2D eigenvalue weighted by atomic mass is 10.1. The number of carboxylic acids is 1. The first kappa shape index (κ1) is 17.4. The van der Waals surface area contributed by atoms with Crippen LogP contribution in [0.3, 0.4) is 0 Å². The van der Waals surface area contributed by atoms with Crippen molar-refractivity contribution in [3.8, 4) is 6.07 Å². The summed E-state index contributed by atoms with van der Waals surface area (Å²) in [5.74, 6) is -1.92. The largest absolute Gasteiger partial charge is 0.480 e. The van der Waals surface area contributed by atoms with Gasteiger partial charge in [-0.2, -0.15) is 5.26 Å². The van der Waals surface area contributed by atoms with Crippen molar-refractivity contribution in [1.82, 2.24) is 4.90 Å². The van der Waals surface area contributed by atoms with E-state index in [1.165, 1.54) is 12.1 Å². The summed E-state index contributed by atoms with van der Waals surface area (Å²) < 4.78 is 19.0. The van der Waals surface area contributed by atoms with E-state index in [1.54, 1.807) is 26.8 Å². The van der Waals surface area contributed by atoms with Crippen molar-refractivity contribution in [3.05, 3.63) is 35.1 Å². The van der Waals surface area contributed by atoms with Gasteiger partial charge in [-0.15, -0.1) is 0 Å². The van der Waals surface area contributed by atoms with Gasteiger partial charge in [0.1, 0.15) is 18.0 Å². The van der Waals surface area contributed by atoms with Crippen LogP contribution in [0.25, 0.3) is 0 Å². The Labute approximate surface area is 127 Å². The molecule has 1 N–H and O–H groups in total. The molecular formula is C15H17FN2O4. The number of hydrogen-bond donors (Lipinski definition) is 1. The summed E-state index contributed by atoms with van der Waals surface area (Å²) >= 11 is 0. The molecule has 0 spiro atoms. The van der Waals surface area contributed by atoms with Crippen LogP contribution in [0, 0.1) is 17.1 Å². The number of amides is 1. The fourth-order valence-electron chi connectivity index (χ4n) is 1.63. The number of nitriles is 1. The van der Waals surface area contributed by atoms with Crippen molar-refractivity contribution in [2.45, 2.75) is 32.9 Å². The van der Waals surface area contributed by atoms with Gasteiger partial charge in [0.2, 0.25) is 0 Å². The van der Waals surface area contributed by atoms with Crippen molar-refractivity contribution >= 4 is 12.1 Å². The van der Waals surface area contributed by atoms with Crippen molar-refractivity contribution in [3.63, 3.8) is 0 Å². The highest BCUT2D eigenvalue weighted by Gasteiger charge is 2.24. The third-order valence-electron chi connectivity index (χ3n) is 2.52. The first-order chi connectivity index (χ1) is 10.1. The summed E-state index contributed by atoms with van der Waals surface area (Å²) in [6, 6.07) is 5.56. The molecule has 0 aliphatic carbocycles. The summed E-state index contributed by atoms with van der Waals surface area (Å²) in [6.45, 7) is 4.05. The lowest BCUT2D eigenvalue weighted by Gasteiger charge is -2.26. The first-order valence-corrected chi connectivity index (χ1v) is 6.50. The molecule has 1 rings (SSSR count). The van der Waals surface area contributed by atoms with Gasteiger partial charge in [-0.1, -0.05) is 6.07 Å². The second-order valence-corrected chi connectivity index (χ2v) is 5.65. The first-order valence-electron chi connectivity index (χ1n) is 6.50.